The second-order valence-electron chi connectivity index (χ2n) is 3.53. The van der Waals surface area contributed by atoms with Crippen LogP contribution in [-0.4, -0.2) is 20.8 Å². The Kier molecular flexibility index (Phi) is 3.72. The molecule has 0 spiro atoms. The average Bonchev–Trinajstić information content (AvgIpc) is 2.76. The van der Waals surface area contributed by atoms with Crippen molar-refractivity contribution in [2.24, 2.45) is 0 Å². The zero-order valence-corrected chi connectivity index (χ0v) is 11.2. The van der Waals surface area contributed by atoms with E-state index < -0.39 is 10.8 Å². The van der Waals surface area contributed by atoms with Crippen LogP contribution in [-0.2, 0) is 0 Å². The van der Waals surface area contributed by atoms with Gasteiger partial charge in [0.25, 0.3) is 5.91 Å². The lowest BCUT2D eigenvalue weighted by atomic mass is 10.2. The summed E-state index contributed by atoms with van der Waals surface area (Å²) in [6.45, 7) is 1.71. The Bertz CT molecular complexity index is 638. The van der Waals surface area contributed by atoms with Crippen LogP contribution in [0, 0.1) is 17.0 Å². The van der Waals surface area contributed by atoms with Crippen LogP contribution in [0.2, 0.25) is 5.15 Å². The topological polar surface area (TPSA) is 98.0 Å². The average molecular weight is 299 g/mol. The number of hydrogen-bond acceptors (Lipinski definition) is 6. The molecule has 19 heavy (non-hydrogen) atoms. The Hall–Kier alpha value is -2.06. The number of nitrogens with one attached hydrogen (secondary N) is 1. The number of nitro groups is 1. The van der Waals surface area contributed by atoms with E-state index in [4.69, 9.17) is 11.6 Å². The highest BCUT2D eigenvalue weighted by Gasteiger charge is 2.15. The molecule has 0 saturated carbocycles. The number of aromatic nitrogens is 2. The van der Waals surface area contributed by atoms with Gasteiger partial charge in [-0.15, -0.1) is 0 Å². The van der Waals surface area contributed by atoms with Crippen LogP contribution >= 0.6 is 22.9 Å². The molecule has 2 aromatic rings. The fourth-order valence-electron chi connectivity index (χ4n) is 1.34. The van der Waals surface area contributed by atoms with Gasteiger partial charge in [-0.05, 0) is 30.4 Å². The highest BCUT2D eigenvalue weighted by molar-refractivity contribution is 7.18. The number of rotatable bonds is 3. The number of carbonyl (C=O) groups excluding carboxylic acids is 1. The lowest BCUT2D eigenvalue weighted by Crippen LogP contribution is -2.12. The van der Waals surface area contributed by atoms with Crippen LogP contribution in [0.5, 0.6) is 0 Å². The molecule has 0 saturated heterocycles. The van der Waals surface area contributed by atoms with Gasteiger partial charge in [-0.3, -0.25) is 20.2 Å². The third kappa shape index (κ3) is 3.24. The van der Waals surface area contributed by atoms with Crippen molar-refractivity contribution in [3.8, 4) is 0 Å². The number of hydrogen-bond donors (Lipinski definition) is 1. The highest BCUT2D eigenvalue weighted by Crippen LogP contribution is 2.25. The van der Waals surface area contributed by atoms with Crippen molar-refractivity contribution in [2.45, 2.75) is 6.92 Å². The summed E-state index contributed by atoms with van der Waals surface area (Å²) >= 11 is 6.53. The van der Waals surface area contributed by atoms with E-state index in [1.54, 1.807) is 13.0 Å². The molecule has 2 heterocycles. The lowest BCUT2D eigenvalue weighted by molar-refractivity contribution is -0.380. The molecular weight excluding hydrogens is 292 g/mol. The van der Waals surface area contributed by atoms with Crippen molar-refractivity contribution in [3.05, 3.63) is 44.9 Å². The Morgan fingerprint density at radius 1 is 1.53 bits per heavy atom. The summed E-state index contributed by atoms with van der Waals surface area (Å²) in [5.74, 6) is -0.448. The summed E-state index contributed by atoms with van der Waals surface area (Å²) in [5, 5.41) is 13.2. The predicted molar refractivity (Wildman–Crippen MR) is 70.7 cm³/mol. The molecule has 0 unspecified atom stereocenters. The maximum absolute atomic E-state index is 11.9. The van der Waals surface area contributed by atoms with Crippen LogP contribution in [0.3, 0.4) is 0 Å². The van der Waals surface area contributed by atoms with Crippen LogP contribution < -0.4 is 5.32 Å². The molecule has 0 atom stereocenters. The first-order chi connectivity index (χ1) is 8.95. The lowest BCUT2D eigenvalue weighted by Gasteiger charge is -2.02. The van der Waals surface area contributed by atoms with Crippen LogP contribution in [0.4, 0.5) is 10.1 Å². The number of anilines is 1. The number of halogens is 1. The Morgan fingerprint density at radius 3 is 2.84 bits per heavy atom. The molecule has 0 aliphatic rings. The molecule has 0 radical (unpaired) electrons. The quantitative estimate of drug-likeness (QED) is 0.533. The van der Waals surface area contributed by atoms with Gasteiger partial charge in [-0.1, -0.05) is 11.6 Å². The number of nitrogens with zero attached hydrogens (tertiary/aromatic N) is 3. The minimum atomic E-state index is -0.569. The number of thiazole rings is 1. The van der Waals surface area contributed by atoms with Crippen LogP contribution in [0.1, 0.15) is 16.1 Å². The maximum atomic E-state index is 11.9. The summed E-state index contributed by atoms with van der Waals surface area (Å²) < 4.78 is 0. The van der Waals surface area contributed by atoms with Gasteiger partial charge in [0.05, 0.1) is 4.92 Å². The molecule has 7 nitrogen and oxygen atoms in total. The fraction of sp³-hybridized carbons (Fsp3) is 0.100. The van der Waals surface area contributed by atoms with Gasteiger partial charge in [0.15, 0.2) is 5.13 Å². The maximum Gasteiger partial charge on any atom is 0.345 e. The number of amides is 1. The third-order valence-electron chi connectivity index (χ3n) is 2.08. The van der Waals surface area contributed by atoms with E-state index in [0.717, 1.165) is 17.5 Å². The first-order valence-corrected chi connectivity index (χ1v) is 6.21. The predicted octanol–water partition coefficient (Wildman–Crippen LogP) is 2.66. The SMILES string of the molecule is Cc1cc(C(=O)Nc2ncc([N+](=O)[O-])s2)cc(Cl)n1. The first-order valence-electron chi connectivity index (χ1n) is 5.01. The molecule has 0 aromatic carbocycles. The van der Waals surface area contributed by atoms with Crippen molar-refractivity contribution in [2.75, 3.05) is 5.32 Å². The Morgan fingerprint density at radius 2 is 2.26 bits per heavy atom. The van der Waals surface area contributed by atoms with Gasteiger partial charge < -0.3 is 0 Å². The molecule has 1 N–H and O–H groups in total. The molecule has 0 aliphatic carbocycles. The molecule has 9 heteroatoms. The zero-order chi connectivity index (χ0) is 14.0. The van der Waals surface area contributed by atoms with E-state index in [9.17, 15) is 14.9 Å². The molecule has 0 aliphatic heterocycles. The molecule has 98 valence electrons. The van der Waals surface area contributed by atoms with E-state index in [2.05, 4.69) is 15.3 Å². The Labute approximate surface area is 116 Å². The second kappa shape index (κ2) is 5.29. The van der Waals surface area contributed by atoms with Gasteiger partial charge >= 0.3 is 5.00 Å². The first kappa shape index (κ1) is 13.4. The molecular formula is C10H7ClN4O3S. The molecule has 2 aromatic heterocycles. The fourth-order valence-corrected chi connectivity index (χ4v) is 2.21. The van der Waals surface area contributed by atoms with Gasteiger partial charge in [0.1, 0.15) is 11.3 Å². The summed E-state index contributed by atoms with van der Waals surface area (Å²) in [6, 6.07) is 2.97. The van der Waals surface area contributed by atoms with E-state index in [1.165, 1.54) is 6.07 Å². The molecule has 1 amide bonds. The molecule has 0 bridgehead atoms. The monoisotopic (exact) mass is 298 g/mol. The molecule has 0 fully saturated rings. The summed E-state index contributed by atoms with van der Waals surface area (Å²) in [6.07, 6.45) is 1.09. The molecule has 2 rings (SSSR count). The summed E-state index contributed by atoms with van der Waals surface area (Å²) in [4.78, 5) is 29.5. The largest absolute Gasteiger partial charge is 0.345 e. The van der Waals surface area contributed by atoms with Crippen molar-refractivity contribution in [1.82, 2.24) is 9.97 Å². The minimum absolute atomic E-state index is 0.140. The normalized spacial score (nSPS) is 10.2. The van der Waals surface area contributed by atoms with Crippen molar-refractivity contribution in [1.29, 1.82) is 0 Å². The standard InChI is InChI=1S/C10H7ClN4O3S/c1-5-2-6(3-7(11)13-5)9(16)14-10-12-4-8(19-10)15(17)18/h2-4H,1H3,(H,12,14,16). The summed E-state index contributed by atoms with van der Waals surface area (Å²) in [5.41, 5.74) is 0.915. The van der Waals surface area contributed by atoms with Crippen LogP contribution in [0.15, 0.2) is 18.3 Å². The number of aryl methyl sites for hydroxylation is 1. The van der Waals surface area contributed by atoms with Crippen molar-refractivity contribution >= 4 is 39.0 Å². The summed E-state index contributed by atoms with van der Waals surface area (Å²) in [7, 11) is 0. The number of pyridine rings is 1. The van der Waals surface area contributed by atoms with Gasteiger partial charge in [0.2, 0.25) is 0 Å². The van der Waals surface area contributed by atoms with Gasteiger partial charge in [-0.25, -0.2) is 9.97 Å². The highest BCUT2D eigenvalue weighted by atomic mass is 35.5. The van der Waals surface area contributed by atoms with E-state index in [0.29, 0.717) is 11.3 Å². The van der Waals surface area contributed by atoms with E-state index >= 15 is 0 Å². The Balaban J connectivity index is 2.18. The minimum Gasteiger partial charge on any atom is -0.298 e. The van der Waals surface area contributed by atoms with Gasteiger partial charge in [0, 0.05) is 11.3 Å². The zero-order valence-electron chi connectivity index (χ0n) is 9.58. The second-order valence-corrected chi connectivity index (χ2v) is 4.93. The van der Waals surface area contributed by atoms with Crippen molar-refractivity contribution < 1.29 is 9.72 Å². The van der Waals surface area contributed by atoms with Gasteiger partial charge in [-0.2, -0.15) is 0 Å². The smallest absolute Gasteiger partial charge is 0.298 e. The van der Waals surface area contributed by atoms with Crippen molar-refractivity contribution in [3.63, 3.8) is 0 Å². The van der Waals surface area contributed by atoms with E-state index in [1.807, 2.05) is 0 Å². The van der Waals surface area contributed by atoms with Crippen LogP contribution in [0.25, 0.3) is 0 Å². The number of carbonyl (C=O) groups is 1. The third-order valence-corrected chi connectivity index (χ3v) is 3.14. The van der Waals surface area contributed by atoms with E-state index in [-0.39, 0.29) is 15.3 Å².